The minimum atomic E-state index is -0.0273. The Morgan fingerprint density at radius 2 is 2.10 bits per heavy atom. The largest absolute Gasteiger partial charge is 0.493 e. The maximum Gasteiger partial charge on any atom is 0.180 e. The third kappa shape index (κ3) is 2.55. The van der Waals surface area contributed by atoms with Crippen LogP contribution in [-0.4, -0.2) is 7.11 Å². The molecule has 3 rings (SSSR count). The van der Waals surface area contributed by atoms with E-state index >= 15 is 0 Å². The van der Waals surface area contributed by atoms with Gasteiger partial charge in [0.15, 0.2) is 11.5 Å². The van der Waals surface area contributed by atoms with E-state index in [1.807, 2.05) is 12.1 Å². The zero-order valence-corrected chi connectivity index (χ0v) is 12.4. The van der Waals surface area contributed by atoms with Crippen molar-refractivity contribution in [2.45, 2.75) is 18.9 Å². The number of halogens is 1. The van der Waals surface area contributed by atoms with Gasteiger partial charge in [-0.15, -0.1) is 0 Å². The lowest BCUT2D eigenvalue weighted by atomic mass is 10.1. The number of nitrogens with zero attached hydrogens (tertiary/aromatic N) is 1. The minimum absolute atomic E-state index is 0.0273. The number of aryl methyl sites for hydroxylation is 1. The van der Waals surface area contributed by atoms with Crippen LogP contribution >= 0.6 is 11.6 Å². The van der Waals surface area contributed by atoms with E-state index in [1.54, 1.807) is 19.2 Å². The average Bonchev–Trinajstić information content (AvgIpc) is 2.92. The number of hydrogen-bond donors (Lipinski definition) is 0. The molecule has 106 valence electrons. The van der Waals surface area contributed by atoms with Gasteiger partial charge in [-0.05, 0) is 30.0 Å². The normalized spacial score (nSPS) is 16.1. The molecular formula is C17H14ClNO2. The van der Waals surface area contributed by atoms with E-state index in [2.05, 4.69) is 18.2 Å². The van der Waals surface area contributed by atoms with Gasteiger partial charge < -0.3 is 9.47 Å². The Labute approximate surface area is 128 Å². The van der Waals surface area contributed by atoms with E-state index in [0.29, 0.717) is 22.1 Å². The van der Waals surface area contributed by atoms with Gasteiger partial charge in [0.2, 0.25) is 0 Å². The van der Waals surface area contributed by atoms with Crippen LogP contribution in [0.15, 0.2) is 36.4 Å². The van der Waals surface area contributed by atoms with Crippen LogP contribution in [0.25, 0.3) is 0 Å². The van der Waals surface area contributed by atoms with Crippen molar-refractivity contribution in [3.63, 3.8) is 0 Å². The Morgan fingerprint density at radius 3 is 2.86 bits per heavy atom. The molecule has 0 heterocycles. The molecule has 2 aromatic rings. The molecule has 3 nitrogen and oxygen atoms in total. The molecule has 0 N–H and O–H groups in total. The van der Waals surface area contributed by atoms with Gasteiger partial charge in [0.25, 0.3) is 0 Å². The first-order valence-electron chi connectivity index (χ1n) is 6.75. The van der Waals surface area contributed by atoms with Crippen molar-refractivity contribution < 1.29 is 9.47 Å². The number of fused-ring (bicyclic) bond motifs is 1. The Balaban J connectivity index is 1.95. The van der Waals surface area contributed by atoms with Gasteiger partial charge in [-0.3, -0.25) is 0 Å². The lowest BCUT2D eigenvalue weighted by Gasteiger charge is -2.18. The summed E-state index contributed by atoms with van der Waals surface area (Å²) in [6, 6.07) is 13.5. The highest BCUT2D eigenvalue weighted by atomic mass is 35.5. The second-order valence-electron chi connectivity index (χ2n) is 4.95. The first-order valence-corrected chi connectivity index (χ1v) is 7.13. The van der Waals surface area contributed by atoms with Crippen molar-refractivity contribution in [2.75, 3.05) is 7.11 Å². The monoisotopic (exact) mass is 299 g/mol. The first kappa shape index (κ1) is 13.8. The SMILES string of the molecule is COc1cc(C#N)cc(Cl)c1OC1CCc2ccccc21. The number of rotatable bonds is 3. The van der Waals surface area contributed by atoms with Crippen LogP contribution in [0.4, 0.5) is 0 Å². The molecule has 0 amide bonds. The van der Waals surface area contributed by atoms with Crippen molar-refractivity contribution in [1.29, 1.82) is 5.26 Å². The van der Waals surface area contributed by atoms with Crippen molar-refractivity contribution in [3.8, 4) is 17.6 Å². The van der Waals surface area contributed by atoms with Crippen LogP contribution in [0.1, 0.15) is 29.2 Å². The number of methoxy groups -OCH3 is 1. The summed E-state index contributed by atoms with van der Waals surface area (Å²) in [7, 11) is 1.54. The fourth-order valence-corrected chi connectivity index (χ4v) is 2.94. The highest BCUT2D eigenvalue weighted by Crippen LogP contribution is 2.42. The van der Waals surface area contributed by atoms with Crippen LogP contribution in [0, 0.1) is 11.3 Å². The molecule has 0 saturated carbocycles. The van der Waals surface area contributed by atoms with E-state index in [-0.39, 0.29) is 6.10 Å². The Hall–Kier alpha value is -2.18. The summed E-state index contributed by atoms with van der Waals surface area (Å²) in [6.45, 7) is 0. The molecule has 0 aliphatic heterocycles. The van der Waals surface area contributed by atoms with Gasteiger partial charge in [-0.2, -0.15) is 5.26 Å². The Morgan fingerprint density at radius 1 is 1.29 bits per heavy atom. The third-order valence-corrected chi connectivity index (χ3v) is 3.98. The molecule has 0 bridgehead atoms. The number of hydrogen-bond acceptors (Lipinski definition) is 3. The van der Waals surface area contributed by atoms with Crippen molar-refractivity contribution in [3.05, 3.63) is 58.1 Å². The summed E-state index contributed by atoms with van der Waals surface area (Å²) in [4.78, 5) is 0. The van der Waals surface area contributed by atoms with E-state index in [0.717, 1.165) is 12.8 Å². The van der Waals surface area contributed by atoms with Gasteiger partial charge in [0.1, 0.15) is 6.10 Å². The van der Waals surface area contributed by atoms with Gasteiger partial charge in [-0.25, -0.2) is 0 Å². The van der Waals surface area contributed by atoms with E-state index in [4.69, 9.17) is 26.3 Å². The maximum atomic E-state index is 8.98. The Kier molecular flexibility index (Phi) is 3.72. The topological polar surface area (TPSA) is 42.2 Å². The lowest BCUT2D eigenvalue weighted by Crippen LogP contribution is -2.05. The second kappa shape index (κ2) is 5.67. The molecule has 1 unspecified atom stereocenters. The quantitative estimate of drug-likeness (QED) is 0.849. The lowest BCUT2D eigenvalue weighted by molar-refractivity contribution is 0.198. The number of nitriles is 1. The summed E-state index contributed by atoms with van der Waals surface area (Å²) < 4.78 is 11.4. The van der Waals surface area contributed by atoms with E-state index < -0.39 is 0 Å². The van der Waals surface area contributed by atoms with Gasteiger partial charge in [0.05, 0.1) is 23.8 Å². The predicted octanol–water partition coefficient (Wildman–Crippen LogP) is 4.29. The van der Waals surface area contributed by atoms with Crippen molar-refractivity contribution in [2.24, 2.45) is 0 Å². The fraction of sp³-hybridized carbons (Fsp3) is 0.235. The smallest absolute Gasteiger partial charge is 0.180 e. The second-order valence-corrected chi connectivity index (χ2v) is 5.35. The zero-order valence-electron chi connectivity index (χ0n) is 11.6. The van der Waals surface area contributed by atoms with Crippen molar-refractivity contribution in [1.82, 2.24) is 0 Å². The van der Waals surface area contributed by atoms with E-state index in [9.17, 15) is 0 Å². The van der Waals surface area contributed by atoms with Crippen LogP contribution in [0.3, 0.4) is 0 Å². The molecule has 0 spiro atoms. The van der Waals surface area contributed by atoms with E-state index in [1.165, 1.54) is 11.1 Å². The zero-order chi connectivity index (χ0) is 14.8. The molecule has 1 aliphatic rings. The summed E-state index contributed by atoms with van der Waals surface area (Å²) in [5.74, 6) is 0.989. The molecule has 21 heavy (non-hydrogen) atoms. The molecule has 0 radical (unpaired) electrons. The molecule has 1 atom stereocenters. The summed E-state index contributed by atoms with van der Waals surface area (Å²) >= 11 is 6.24. The first-order chi connectivity index (χ1) is 10.2. The number of ether oxygens (including phenoxy) is 2. The molecule has 0 saturated heterocycles. The Bertz CT molecular complexity index is 721. The summed E-state index contributed by atoms with van der Waals surface area (Å²) in [5.41, 5.74) is 2.96. The minimum Gasteiger partial charge on any atom is -0.493 e. The molecule has 1 aliphatic carbocycles. The van der Waals surface area contributed by atoms with Crippen molar-refractivity contribution >= 4 is 11.6 Å². The summed E-state index contributed by atoms with van der Waals surface area (Å²) in [6.07, 6.45) is 1.89. The summed E-state index contributed by atoms with van der Waals surface area (Å²) in [5, 5.41) is 9.38. The molecule has 0 fully saturated rings. The highest BCUT2D eigenvalue weighted by molar-refractivity contribution is 6.32. The van der Waals surface area contributed by atoms with Gasteiger partial charge in [0, 0.05) is 6.07 Å². The van der Waals surface area contributed by atoms with Gasteiger partial charge >= 0.3 is 0 Å². The van der Waals surface area contributed by atoms with Crippen LogP contribution in [0.5, 0.6) is 11.5 Å². The third-order valence-electron chi connectivity index (χ3n) is 3.70. The molecule has 2 aromatic carbocycles. The van der Waals surface area contributed by atoms with Gasteiger partial charge in [-0.1, -0.05) is 35.9 Å². The standard InChI is InChI=1S/C17H14ClNO2/c1-20-16-9-11(10-19)8-14(18)17(16)21-15-7-6-12-4-2-3-5-13(12)15/h2-5,8-9,15H,6-7H2,1H3. The maximum absolute atomic E-state index is 8.98. The van der Waals surface area contributed by atoms with Crippen LogP contribution in [-0.2, 0) is 6.42 Å². The number of benzene rings is 2. The fourth-order valence-electron chi connectivity index (χ4n) is 2.68. The van der Waals surface area contributed by atoms with Crippen LogP contribution < -0.4 is 9.47 Å². The predicted molar refractivity (Wildman–Crippen MR) is 80.9 cm³/mol. The molecule has 0 aromatic heterocycles. The molecular weight excluding hydrogens is 286 g/mol. The van der Waals surface area contributed by atoms with Crippen LogP contribution in [0.2, 0.25) is 5.02 Å². The average molecular weight is 300 g/mol. The highest BCUT2D eigenvalue weighted by Gasteiger charge is 2.25. The molecule has 4 heteroatoms.